The van der Waals surface area contributed by atoms with Crippen molar-refractivity contribution in [1.82, 2.24) is 9.88 Å². The van der Waals surface area contributed by atoms with Gasteiger partial charge < -0.3 is 14.5 Å². The van der Waals surface area contributed by atoms with Gasteiger partial charge in [0, 0.05) is 37.3 Å². The van der Waals surface area contributed by atoms with Gasteiger partial charge in [0.05, 0.1) is 24.5 Å². The van der Waals surface area contributed by atoms with Crippen molar-refractivity contribution in [3.63, 3.8) is 0 Å². The molecule has 1 saturated heterocycles. The van der Waals surface area contributed by atoms with Crippen LogP contribution in [0.15, 0.2) is 60.7 Å². The molecule has 3 heterocycles. The van der Waals surface area contributed by atoms with Crippen molar-refractivity contribution in [3.05, 3.63) is 83.2 Å². The van der Waals surface area contributed by atoms with E-state index in [4.69, 9.17) is 9.72 Å². The Bertz CT molecular complexity index is 1080. The fourth-order valence-corrected chi connectivity index (χ4v) is 4.10. The molecule has 2 aliphatic rings. The van der Waals surface area contributed by atoms with Gasteiger partial charge >= 0.3 is 0 Å². The predicted octanol–water partition coefficient (Wildman–Crippen LogP) is 3.88. The lowest BCUT2D eigenvalue weighted by Gasteiger charge is -2.28. The van der Waals surface area contributed by atoms with E-state index in [0.29, 0.717) is 43.1 Å². The molecule has 152 valence electrons. The van der Waals surface area contributed by atoms with Crippen molar-refractivity contribution in [1.29, 1.82) is 0 Å². The van der Waals surface area contributed by atoms with E-state index in [1.807, 2.05) is 47.4 Å². The first-order valence-corrected chi connectivity index (χ1v) is 10.1. The normalized spacial score (nSPS) is 16.1. The number of hydrogen-bond donors (Lipinski definition) is 0. The molecule has 5 nitrogen and oxygen atoms in total. The summed E-state index contributed by atoms with van der Waals surface area (Å²) in [5.41, 5.74) is 3.96. The van der Waals surface area contributed by atoms with Gasteiger partial charge in [-0.1, -0.05) is 42.5 Å². The molecule has 0 N–H and O–H groups in total. The highest BCUT2D eigenvalue weighted by atomic mass is 19.1. The maximum Gasteiger partial charge on any atom is 0.255 e. The quantitative estimate of drug-likeness (QED) is 0.663. The third-order valence-corrected chi connectivity index (χ3v) is 5.63. The van der Waals surface area contributed by atoms with E-state index < -0.39 is 0 Å². The number of carbonyl (C=O) groups is 1. The van der Waals surface area contributed by atoms with Crippen molar-refractivity contribution < 1.29 is 13.9 Å². The van der Waals surface area contributed by atoms with Crippen LogP contribution in [0.2, 0.25) is 0 Å². The third-order valence-electron chi connectivity index (χ3n) is 5.63. The highest BCUT2D eigenvalue weighted by molar-refractivity contribution is 6.01. The lowest BCUT2D eigenvalue weighted by molar-refractivity contribution is 0.0767. The number of benzene rings is 2. The molecule has 0 aliphatic carbocycles. The van der Waals surface area contributed by atoms with Gasteiger partial charge in [0.2, 0.25) is 0 Å². The number of halogens is 1. The van der Waals surface area contributed by atoms with Gasteiger partial charge in [0.15, 0.2) is 0 Å². The SMILES string of the molecule is O=C1c2cc(N3CCOCC3)nc(-c3cccc(F)c3)c2CN1Cc1ccccc1. The summed E-state index contributed by atoms with van der Waals surface area (Å²) in [7, 11) is 0. The molecule has 0 saturated carbocycles. The molecule has 6 heteroatoms. The number of aromatic nitrogens is 1. The number of ether oxygens (including phenoxy) is 1. The van der Waals surface area contributed by atoms with Gasteiger partial charge in [-0.3, -0.25) is 4.79 Å². The van der Waals surface area contributed by atoms with Crippen LogP contribution in [-0.4, -0.2) is 42.1 Å². The monoisotopic (exact) mass is 403 g/mol. The number of pyridine rings is 1. The minimum Gasteiger partial charge on any atom is -0.378 e. The van der Waals surface area contributed by atoms with Gasteiger partial charge in [-0.15, -0.1) is 0 Å². The molecule has 3 aromatic rings. The van der Waals surface area contributed by atoms with Crippen LogP contribution in [0.1, 0.15) is 21.5 Å². The lowest BCUT2D eigenvalue weighted by atomic mass is 10.0. The second-order valence-electron chi connectivity index (χ2n) is 7.61. The Morgan fingerprint density at radius 2 is 1.80 bits per heavy atom. The molecule has 5 rings (SSSR count). The smallest absolute Gasteiger partial charge is 0.255 e. The standard InChI is InChI=1S/C24H22FN3O2/c25-19-8-4-7-18(13-19)23-21-16-28(15-17-5-2-1-3-6-17)24(29)20(21)14-22(26-23)27-9-11-30-12-10-27/h1-8,13-14H,9-12,15-16H2. The molecule has 30 heavy (non-hydrogen) atoms. The van der Waals surface area contributed by atoms with Crippen molar-refractivity contribution in [2.75, 3.05) is 31.2 Å². The molecule has 0 radical (unpaired) electrons. The molecule has 1 amide bonds. The molecule has 0 spiro atoms. The Morgan fingerprint density at radius 3 is 2.57 bits per heavy atom. The van der Waals surface area contributed by atoms with Crippen LogP contribution < -0.4 is 4.90 Å². The molecule has 1 fully saturated rings. The van der Waals surface area contributed by atoms with Crippen molar-refractivity contribution in [2.45, 2.75) is 13.1 Å². The number of rotatable bonds is 4. The summed E-state index contributed by atoms with van der Waals surface area (Å²) >= 11 is 0. The molecular formula is C24H22FN3O2. The molecule has 2 aromatic carbocycles. The number of amides is 1. The third kappa shape index (κ3) is 3.55. The van der Waals surface area contributed by atoms with Gasteiger partial charge in [-0.05, 0) is 23.8 Å². The summed E-state index contributed by atoms with van der Waals surface area (Å²) in [5, 5.41) is 0. The molecule has 2 aliphatic heterocycles. The van der Waals surface area contributed by atoms with E-state index in [0.717, 1.165) is 30.0 Å². The fraction of sp³-hybridized carbons (Fsp3) is 0.250. The highest BCUT2D eigenvalue weighted by Crippen LogP contribution is 2.35. The largest absolute Gasteiger partial charge is 0.378 e. The van der Waals surface area contributed by atoms with E-state index in [-0.39, 0.29) is 11.7 Å². The summed E-state index contributed by atoms with van der Waals surface area (Å²) in [6, 6.07) is 18.2. The predicted molar refractivity (Wildman–Crippen MR) is 113 cm³/mol. The number of nitrogens with zero attached hydrogens (tertiary/aromatic N) is 3. The fourth-order valence-electron chi connectivity index (χ4n) is 4.10. The highest BCUT2D eigenvalue weighted by Gasteiger charge is 2.32. The first-order chi connectivity index (χ1) is 14.7. The topological polar surface area (TPSA) is 45.7 Å². The van der Waals surface area contributed by atoms with Crippen molar-refractivity contribution in [2.24, 2.45) is 0 Å². The summed E-state index contributed by atoms with van der Waals surface area (Å²) in [6.45, 7) is 3.69. The molecule has 0 bridgehead atoms. The Hall–Kier alpha value is -3.25. The van der Waals surface area contributed by atoms with E-state index in [1.165, 1.54) is 12.1 Å². The second-order valence-corrected chi connectivity index (χ2v) is 7.61. The first kappa shape index (κ1) is 18.8. The summed E-state index contributed by atoms with van der Waals surface area (Å²) < 4.78 is 19.4. The van der Waals surface area contributed by atoms with Crippen molar-refractivity contribution >= 4 is 11.7 Å². The number of fused-ring (bicyclic) bond motifs is 1. The Balaban J connectivity index is 1.57. The zero-order valence-corrected chi connectivity index (χ0v) is 16.6. The molecule has 0 unspecified atom stereocenters. The number of anilines is 1. The molecular weight excluding hydrogens is 381 g/mol. The van der Waals surface area contributed by atoms with Gasteiger partial charge in [-0.25, -0.2) is 9.37 Å². The van der Waals surface area contributed by atoms with Crippen LogP contribution in [0.3, 0.4) is 0 Å². The van der Waals surface area contributed by atoms with E-state index >= 15 is 0 Å². The number of hydrogen-bond acceptors (Lipinski definition) is 4. The van der Waals surface area contributed by atoms with Crippen LogP contribution in [0.4, 0.5) is 10.2 Å². The van der Waals surface area contributed by atoms with Crippen molar-refractivity contribution in [3.8, 4) is 11.3 Å². The summed E-state index contributed by atoms with van der Waals surface area (Å²) in [5.74, 6) is 0.417. The van der Waals surface area contributed by atoms with Crippen LogP contribution in [0.5, 0.6) is 0 Å². The lowest BCUT2D eigenvalue weighted by Crippen LogP contribution is -2.37. The number of carbonyl (C=O) groups excluding carboxylic acids is 1. The van der Waals surface area contributed by atoms with Gasteiger partial charge in [0.1, 0.15) is 11.6 Å². The minimum absolute atomic E-state index is 0.0107. The molecule has 1 aromatic heterocycles. The minimum atomic E-state index is -0.315. The summed E-state index contributed by atoms with van der Waals surface area (Å²) in [4.78, 5) is 22.1. The van der Waals surface area contributed by atoms with E-state index in [2.05, 4.69) is 4.90 Å². The Morgan fingerprint density at radius 1 is 1.00 bits per heavy atom. The molecule has 0 atom stereocenters. The average Bonchev–Trinajstić information content (AvgIpc) is 3.10. The van der Waals surface area contributed by atoms with E-state index in [1.54, 1.807) is 6.07 Å². The first-order valence-electron chi connectivity index (χ1n) is 10.1. The maximum atomic E-state index is 14.0. The Kier molecular flexibility index (Phi) is 4.93. The second kappa shape index (κ2) is 7.88. The van der Waals surface area contributed by atoms with E-state index in [9.17, 15) is 9.18 Å². The number of morpholine rings is 1. The summed E-state index contributed by atoms with van der Waals surface area (Å²) in [6.07, 6.45) is 0. The van der Waals surface area contributed by atoms with Gasteiger partial charge in [-0.2, -0.15) is 0 Å². The average molecular weight is 403 g/mol. The van der Waals surface area contributed by atoms with Crippen LogP contribution >= 0.6 is 0 Å². The Labute approximate surface area is 174 Å². The zero-order chi connectivity index (χ0) is 20.5. The van der Waals surface area contributed by atoms with Crippen LogP contribution in [-0.2, 0) is 17.8 Å². The van der Waals surface area contributed by atoms with Gasteiger partial charge in [0.25, 0.3) is 5.91 Å². The zero-order valence-electron chi connectivity index (χ0n) is 16.6. The van der Waals surface area contributed by atoms with Crippen LogP contribution in [0, 0.1) is 5.82 Å². The maximum absolute atomic E-state index is 14.0. The van der Waals surface area contributed by atoms with Crippen LogP contribution in [0.25, 0.3) is 11.3 Å².